The predicted octanol–water partition coefficient (Wildman–Crippen LogP) is 3.09. The van der Waals surface area contributed by atoms with Crippen LogP contribution in [0, 0.1) is 0 Å². The summed E-state index contributed by atoms with van der Waals surface area (Å²) in [5.74, 6) is 1.02. The van der Waals surface area contributed by atoms with Gasteiger partial charge in [-0.25, -0.2) is 4.68 Å². The number of carbonyl (C=O) groups is 2. The Morgan fingerprint density at radius 1 is 1.14 bits per heavy atom. The number of nitrogens with zero attached hydrogens (tertiary/aromatic N) is 2. The van der Waals surface area contributed by atoms with Crippen LogP contribution in [0.15, 0.2) is 54.7 Å². The van der Waals surface area contributed by atoms with E-state index in [1.807, 2.05) is 30.3 Å². The molecule has 2 aromatic carbocycles. The molecule has 29 heavy (non-hydrogen) atoms. The van der Waals surface area contributed by atoms with Gasteiger partial charge in [-0.1, -0.05) is 30.3 Å². The fourth-order valence-corrected chi connectivity index (χ4v) is 3.31. The normalized spacial score (nSPS) is 15.2. The Balaban J connectivity index is 1.64. The summed E-state index contributed by atoms with van der Waals surface area (Å²) in [5, 5.41) is 10.0. The largest absolute Gasteiger partial charge is 0.497 e. The lowest BCUT2D eigenvalue weighted by atomic mass is 10.1. The van der Waals surface area contributed by atoms with Gasteiger partial charge in [0.25, 0.3) is 0 Å². The van der Waals surface area contributed by atoms with Gasteiger partial charge < -0.3 is 20.1 Å². The van der Waals surface area contributed by atoms with Gasteiger partial charge in [-0.15, -0.1) is 0 Å². The summed E-state index contributed by atoms with van der Waals surface area (Å²) >= 11 is 0. The molecule has 0 bridgehead atoms. The second kappa shape index (κ2) is 7.67. The molecule has 1 aromatic heterocycles. The molecule has 1 aliphatic rings. The number of amides is 2. The maximum Gasteiger partial charge on any atom is 0.249 e. The van der Waals surface area contributed by atoms with E-state index in [9.17, 15) is 9.59 Å². The molecule has 148 valence electrons. The van der Waals surface area contributed by atoms with Crippen molar-refractivity contribution in [1.82, 2.24) is 9.78 Å². The van der Waals surface area contributed by atoms with Crippen molar-refractivity contribution in [2.24, 2.45) is 0 Å². The minimum atomic E-state index is -0.770. The van der Waals surface area contributed by atoms with Gasteiger partial charge in [-0.05, 0) is 5.56 Å². The van der Waals surface area contributed by atoms with Gasteiger partial charge in [0.2, 0.25) is 11.8 Å². The molecular formula is C21H20N4O4. The first-order chi connectivity index (χ1) is 14.1. The zero-order chi connectivity index (χ0) is 20.4. The predicted molar refractivity (Wildman–Crippen MR) is 108 cm³/mol. The zero-order valence-electron chi connectivity index (χ0n) is 16.0. The third-order valence-electron chi connectivity index (χ3n) is 4.73. The van der Waals surface area contributed by atoms with Crippen molar-refractivity contribution in [3.8, 4) is 22.6 Å². The van der Waals surface area contributed by atoms with Crippen LogP contribution in [0.5, 0.6) is 11.5 Å². The van der Waals surface area contributed by atoms with Crippen molar-refractivity contribution in [2.45, 2.75) is 12.5 Å². The summed E-state index contributed by atoms with van der Waals surface area (Å²) in [7, 11) is 3.07. The Bertz CT molecular complexity index is 1040. The van der Waals surface area contributed by atoms with Crippen LogP contribution in [0.1, 0.15) is 12.5 Å². The average Bonchev–Trinajstić information content (AvgIpc) is 3.17. The maximum atomic E-state index is 13.0. The van der Waals surface area contributed by atoms with Crippen LogP contribution in [0.2, 0.25) is 0 Å². The second-order valence-corrected chi connectivity index (χ2v) is 6.58. The number of hydrogen-bond donors (Lipinski definition) is 2. The topological polar surface area (TPSA) is 94.5 Å². The highest BCUT2D eigenvalue weighted by atomic mass is 16.5. The number of carbonyl (C=O) groups excluding carboxylic acids is 2. The number of benzene rings is 2. The van der Waals surface area contributed by atoms with Gasteiger partial charge in [0.05, 0.1) is 26.8 Å². The molecule has 4 rings (SSSR count). The lowest BCUT2D eigenvalue weighted by Crippen LogP contribution is -2.35. The van der Waals surface area contributed by atoms with E-state index in [-0.39, 0.29) is 18.2 Å². The second-order valence-electron chi connectivity index (χ2n) is 6.58. The highest BCUT2D eigenvalue weighted by molar-refractivity contribution is 6.03. The number of nitrogens with one attached hydrogen (secondary N) is 2. The van der Waals surface area contributed by atoms with Crippen molar-refractivity contribution < 1.29 is 19.1 Å². The van der Waals surface area contributed by atoms with Crippen LogP contribution < -0.4 is 20.1 Å². The van der Waals surface area contributed by atoms with Gasteiger partial charge in [0.15, 0.2) is 0 Å². The smallest absolute Gasteiger partial charge is 0.249 e. The fourth-order valence-electron chi connectivity index (χ4n) is 3.31. The molecule has 0 radical (unpaired) electrons. The van der Waals surface area contributed by atoms with Crippen molar-refractivity contribution in [3.05, 3.63) is 54.7 Å². The van der Waals surface area contributed by atoms with Gasteiger partial charge >= 0.3 is 0 Å². The molecule has 0 aliphatic carbocycles. The monoisotopic (exact) mass is 392 g/mol. The van der Waals surface area contributed by atoms with E-state index in [4.69, 9.17) is 9.47 Å². The third kappa shape index (κ3) is 3.64. The maximum absolute atomic E-state index is 13.0. The highest BCUT2D eigenvalue weighted by Gasteiger charge is 2.33. The molecule has 1 atom stereocenters. The summed E-state index contributed by atoms with van der Waals surface area (Å²) in [4.78, 5) is 25.3. The Labute approximate surface area is 167 Å². The minimum Gasteiger partial charge on any atom is -0.497 e. The van der Waals surface area contributed by atoms with E-state index in [1.54, 1.807) is 29.1 Å². The number of aromatic nitrogens is 2. The average molecular weight is 392 g/mol. The number of rotatable bonds is 5. The van der Waals surface area contributed by atoms with E-state index in [1.165, 1.54) is 14.2 Å². The highest BCUT2D eigenvalue weighted by Crippen LogP contribution is 2.34. The van der Waals surface area contributed by atoms with Crippen LogP contribution in [0.4, 0.5) is 11.5 Å². The number of ether oxygens (including phenoxy) is 2. The molecule has 0 saturated carbocycles. The Kier molecular flexibility index (Phi) is 4.90. The molecule has 2 heterocycles. The van der Waals surface area contributed by atoms with E-state index in [0.29, 0.717) is 23.0 Å². The Hall–Kier alpha value is -3.81. The Morgan fingerprint density at radius 2 is 1.83 bits per heavy atom. The third-order valence-corrected chi connectivity index (χ3v) is 4.73. The summed E-state index contributed by atoms with van der Waals surface area (Å²) in [6.45, 7) is 0. The molecular weight excluding hydrogens is 372 g/mol. The molecule has 2 amide bonds. The van der Waals surface area contributed by atoms with Crippen molar-refractivity contribution in [1.29, 1.82) is 0 Å². The quantitative estimate of drug-likeness (QED) is 0.696. The van der Waals surface area contributed by atoms with Crippen molar-refractivity contribution in [2.75, 3.05) is 24.9 Å². The molecule has 0 saturated heterocycles. The van der Waals surface area contributed by atoms with Gasteiger partial charge in [0.1, 0.15) is 23.4 Å². The molecule has 2 N–H and O–H groups in total. The zero-order valence-corrected chi connectivity index (χ0v) is 16.0. The van der Waals surface area contributed by atoms with E-state index in [2.05, 4.69) is 15.7 Å². The number of anilines is 2. The van der Waals surface area contributed by atoms with Crippen LogP contribution in [0.25, 0.3) is 11.1 Å². The number of methoxy groups -OCH3 is 2. The molecule has 0 spiro atoms. The van der Waals surface area contributed by atoms with Crippen LogP contribution in [0.3, 0.4) is 0 Å². The summed E-state index contributed by atoms with van der Waals surface area (Å²) in [5.41, 5.74) is 2.18. The molecule has 0 fully saturated rings. The number of fused-ring (bicyclic) bond motifs is 1. The lowest BCUT2D eigenvalue weighted by Gasteiger charge is -2.24. The van der Waals surface area contributed by atoms with E-state index < -0.39 is 6.04 Å². The molecule has 1 aliphatic heterocycles. The van der Waals surface area contributed by atoms with Crippen LogP contribution in [-0.4, -0.2) is 35.8 Å². The lowest BCUT2D eigenvalue weighted by molar-refractivity contribution is -0.125. The summed E-state index contributed by atoms with van der Waals surface area (Å²) < 4.78 is 12.0. The summed E-state index contributed by atoms with van der Waals surface area (Å²) in [6.07, 6.45) is 1.65. The van der Waals surface area contributed by atoms with Crippen LogP contribution >= 0.6 is 0 Å². The van der Waals surface area contributed by atoms with Crippen molar-refractivity contribution in [3.63, 3.8) is 0 Å². The fraction of sp³-hybridized carbons (Fsp3) is 0.190. The van der Waals surface area contributed by atoms with Gasteiger partial charge in [-0.2, -0.15) is 5.10 Å². The first kappa shape index (κ1) is 18.5. The molecule has 8 heteroatoms. The molecule has 0 unspecified atom stereocenters. The van der Waals surface area contributed by atoms with E-state index in [0.717, 1.165) is 11.1 Å². The first-order valence-corrected chi connectivity index (χ1v) is 9.05. The Morgan fingerprint density at radius 3 is 2.48 bits per heavy atom. The molecule has 3 aromatic rings. The van der Waals surface area contributed by atoms with Crippen LogP contribution in [-0.2, 0) is 9.59 Å². The summed E-state index contributed by atoms with van der Waals surface area (Å²) in [6, 6.07) is 13.9. The van der Waals surface area contributed by atoms with Gasteiger partial charge in [-0.3, -0.25) is 9.59 Å². The van der Waals surface area contributed by atoms with Crippen molar-refractivity contribution >= 4 is 23.3 Å². The number of hydrogen-bond acceptors (Lipinski definition) is 5. The first-order valence-electron chi connectivity index (χ1n) is 9.05. The van der Waals surface area contributed by atoms with Gasteiger partial charge in [0, 0.05) is 29.4 Å². The standard InChI is InChI=1S/C21H20N4O4/c1-28-15-8-14(9-16(10-15)29-2)23-21(27)18-11-19(26)24-20-17(12-22-25(18)20)13-6-4-3-5-7-13/h3-10,12,18H,11H2,1-2H3,(H,23,27)(H,24,26)/t18-/m1/s1. The SMILES string of the molecule is COc1cc(NC(=O)[C@H]2CC(=O)Nc3c(-c4ccccc4)cnn32)cc(OC)c1. The minimum absolute atomic E-state index is 0.00412. The molecule has 8 nitrogen and oxygen atoms in total. The van der Waals surface area contributed by atoms with E-state index >= 15 is 0 Å².